The molecule has 0 bridgehead atoms. The number of nitrogens with one attached hydrogen (secondary N) is 2. The van der Waals surface area contributed by atoms with Crippen LogP contribution in [-0.4, -0.2) is 41.3 Å². The predicted octanol–water partition coefficient (Wildman–Crippen LogP) is 4.34. The van der Waals surface area contributed by atoms with Crippen LogP contribution in [0.1, 0.15) is 28.0 Å². The van der Waals surface area contributed by atoms with Gasteiger partial charge in [0.2, 0.25) is 0 Å². The van der Waals surface area contributed by atoms with Gasteiger partial charge in [0.25, 0.3) is 5.91 Å². The lowest BCUT2D eigenvalue weighted by Gasteiger charge is -2.20. The molecule has 5 rings (SSSR count). The van der Waals surface area contributed by atoms with Crippen molar-refractivity contribution in [2.24, 2.45) is 0 Å². The number of aromatic amines is 2. The lowest BCUT2D eigenvalue weighted by Crippen LogP contribution is -2.26. The first kappa shape index (κ1) is 18.6. The Labute approximate surface area is 174 Å². The number of carbonyl (C=O) groups excluding carboxylic acids is 1. The fourth-order valence-electron chi connectivity index (χ4n) is 4.23. The maximum absolute atomic E-state index is 12.8. The van der Waals surface area contributed by atoms with Gasteiger partial charge in [0.05, 0.1) is 11.8 Å². The smallest absolute Gasteiger partial charge is 0.258 e. The van der Waals surface area contributed by atoms with Gasteiger partial charge in [-0.1, -0.05) is 24.3 Å². The molecule has 30 heavy (non-hydrogen) atoms. The summed E-state index contributed by atoms with van der Waals surface area (Å²) in [6.45, 7) is 0. The van der Waals surface area contributed by atoms with Crippen molar-refractivity contribution in [2.45, 2.75) is 25.4 Å². The third-order valence-corrected chi connectivity index (χ3v) is 6.01. The highest BCUT2D eigenvalue weighted by Gasteiger charge is 2.25. The van der Waals surface area contributed by atoms with Crippen molar-refractivity contribution in [3.63, 3.8) is 0 Å². The van der Waals surface area contributed by atoms with Crippen LogP contribution in [0.5, 0.6) is 0 Å². The molecule has 2 heterocycles. The molecule has 1 amide bonds. The zero-order chi connectivity index (χ0) is 20.7. The number of amides is 1. The molecule has 6 heteroatoms. The first-order chi connectivity index (χ1) is 14.6. The number of ether oxygens (including phenoxy) is 1. The van der Waals surface area contributed by atoms with E-state index in [0.29, 0.717) is 5.56 Å². The van der Waals surface area contributed by atoms with Crippen molar-refractivity contribution >= 4 is 22.5 Å². The third-order valence-electron chi connectivity index (χ3n) is 6.01. The van der Waals surface area contributed by atoms with Crippen molar-refractivity contribution in [1.29, 1.82) is 0 Å². The third kappa shape index (κ3) is 3.19. The van der Waals surface area contributed by atoms with Crippen LogP contribution in [0.2, 0.25) is 0 Å². The molecule has 2 aromatic heterocycles. The van der Waals surface area contributed by atoms with E-state index < -0.39 is 0 Å². The summed E-state index contributed by atoms with van der Waals surface area (Å²) < 4.78 is 5.58. The Kier molecular flexibility index (Phi) is 4.64. The first-order valence-corrected chi connectivity index (χ1v) is 10.2. The number of hydrogen-bond donors (Lipinski definition) is 2. The summed E-state index contributed by atoms with van der Waals surface area (Å²) in [6.07, 6.45) is 3.08. The van der Waals surface area contributed by atoms with E-state index in [1.165, 1.54) is 11.3 Å². The molecule has 1 unspecified atom stereocenters. The molecule has 1 atom stereocenters. The maximum atomic E-state index is 12.8. The Morgan fingerprint density at radius 3 is 2.80 bits per heavy atom. The zero-order valence-electron chi connectivity index (χ0n) is 17.1. The molecule has 152 valence electrons. The molecular formula is C24H24N4O2. The average molecular weight is 400 g/mol. The molecule has 1 aliphatic carbocycles. The number of carbonyl (C=O) groups is 1. The number of rotatable bonds is 4. The molecule has 2 aromatic carbocycles. The van der Waals surface area contributed by atoms with Crippen molar-refractivity contribution < 1.29 is 9.53 Å². The predicted molar refractivity (Wildman–Crippen MR) is 118 cm³/mol. The number of anilines is 1. The highest BCUT2D eigenvalue weighted by Crippen LogP contribution is 2.33. The summed E-state index contributed by atoms with van der Waals surface area (Å²) in [6, 6.07) is 17.5. The minimum Gasteiger partial charge on any atom is -0.381 e. The van der Waals surface area contributed by atoms with Gasteiger partial charge >= 0.3 is 0 Å². The van der Waals surface area contributed by atoms with Gasteiger partial charge in [-0.3, -0.25) is 9.89 Å². The summed E-state index contributed by atoms with van der Waals surface area (Å²) in [5.41, 5.74) is 6.86. The van der Waals surface area contributed by atoms with Gasteiger partial charge in [-0.05, 0) is 43.2 Å². The summed E-state index contributed by atoms with van der Waals surface area (Å²) in [7, 11) is 3.57. The molecule has 6 nitrogen and oxygen atoms in total. The topological polar surface area (TPSA) is 74.0 Å². The van der Waals surface area contributed by atoms with Crippen molar-refractivity contribution in [3.8, 4) is 11.4 Å². The van der Waals surface area contributed by atoms with Gasteiger partial charge < -0.3 is 14.6 Å². The second kappa shape index (κ2) is 7.46. The largest absolute Gasteiger partial charge is 0.381 e. The Balaban J connectivity index is 1.47. The van der Waals surface area contributed by atoms with Gasteiger partial charge in [-0.25, -0.2) is 0 Å². The standard InChI is InChI=1S/C24H24N4O2/c1-28(24(29)15-6-4-3-5-7-15)17-9-8-16-12-22(25-21(16)13-17)23-19-14-18(30-2)10-11-20(19)26-27-23/h3-9,12-13,18,25H,10-11,14H2,1-2H3,(H,26,27). The number of H-pyrrole nitrogens is 2. The number of benzene rings is 2. The summed E-state index contributed by atoms with van der Waals surface area (Å²) in [4.78, 5) is 18.0. The van der Waals surface area contributed by atoms with E-state index in [0.717, 1.165) is 47.2 Å². The highest BCUT2D eigenvalue weighted by atomic mass is 16.5. The molecule has 0 saturated heterocycles. The summed E-state index contributed by atoms with van der Waals surface area (Å²) in [5.74, 6) is -0.0336. The zero-order valence-corrected chi connectivity index (χ0v) is 17.1. The molecule has 0 spiro atoms. The molecule has 0 radical (unpaired) electrons. The Morgan fingerprint density at radius 1 is 1.17 bits per heavy atom. The van der Waals surface area contributed by atoms with E-state index in [1.54, 1.807) is 19.1 Å². The Hall–Kier alpha value is -3.38. The monoisotopic (exact) mass is 400 g/mol. The molecule has 0 aliphatic heterocycles. The molecule has 4 aromatic rings. The number of aryl methyl sites for hydroxylation is 1. The number of nitrogens with zero attached hydrogens (tertiary/aromatic N) is 2. The minimum absolute atomic E-state index is 0.0336. The number of hydrogen-bond acceptors (Lipinski definition) is 3. The second-order valence-corrected chi connectivity index (χ2v) is 7.81. The fourth-order valence-corrected chi connectivity index (χ4v) is 4.23. The van der Waals surface area contributed by atoms with Crippen LogP contribution in [0, 0.1) is 0 Å². The van der Waals surface area contributed by atoms with Crippen LogP contribution in [0.25, 0.3) is 22.3 Å². The second-order valence-electron chi connectivity index (χ2n) is 7.81. The first-order valence-electron chi connectivity index (χ1n) is 10.2. The van der Waals surface area contributed by atoms with Crippen molar-refractivity contribution in [3.05, 3.63) is 71.4 Å². The van der Waals surface area contributed by atoms with E-state index in [-0.39, 0.29) is 12.0 Å². The SMILES string of the molecule is COC1CCc2[nH]nc(-c3cc4ccc(N(C)C(=O)c5ccccc5)cc4[nH]3)c2C1. The molecule has 2 N–H and O–H groups in total. The molecular weight excluding hydrogens is 376 g/mol. The Morgan fingerprint density at radius 2 is 2.00 bits per heavy atom. The summed E-state index contributed by atoms with van der Waals surface area (Å²) >= 11 is 0. The minimum atomic E-state index is -0.0336. The Bertz CT molecular complexity index is 1210. The van der Waals surface area contributed by atoms with E-state index in [2.05, 4.69) is 21.2 Å². The molecule has 1 aliphatic rings. The lowest BCUT2D eigenvalue weighted by atomic mass is 9.92. The van der Waals surface area contributed by atoms with Gasteiger partial charge in [0.15, 0.2) is 0 Å². The molecule has 0 fully saturated rings. The van der Waals surface area contributed by atoms with Crippen molar-refractivity contribution in [2.75, 3.05) is 19.1 Å². The van der Waals surface area contributed by atoms with E-state index in [4.69, 9.17) is 4.74 Å². The van der Waals surface area contributed by atoms with Crippen LogP contribution in [-0.2, 0) is 17.6 Å². The maximum Gasteiger partial charge on any atom is 0.258 e. The van der Waals surface area contributed by atoms with Crippen LogP contribution >= 0.6 is 0 Å². The normalized spacial score (nSPS) is 15.9. The van der Waals surface area contributed by atoms with Gasteiger partial charge in [-0.15, -0.1) is 0 Å². The van der Waals surface area contributed by atoms with Gasteiger partial charge in [-0.2, -0.15) is 5.10 Å². The van der Waals surface area contributed by atoms with Gasteiger partial charge in [0.1, 0.15) is 5.69 Å². The lowest BCUT2D eigenvalue weighted by molar-refractivity contribution is 0.0910. The average Bonchev–Trinajstić information content (AvgIpc) is 3.41. The van der Waals surface area contributed by atoms with E-state index >= 15 is 0 Å². The van der Waals surface area contributed by atoms with Crippen LogP contribution in [0.15, 0.2) is 54.6 Å². The van der Waals surface area contributed by atoms with Crippen LogP contribution in [0.4, 0.5) is 5.69 Å². The highest BCUT2D eigenvalue weighted by molar-refractivity contribution is 6.06. The number of aromatic nitrogens is 3. The van der Waals surface area contributed by atoms with Crippen molar-refractivity contribution in [1.82, 2.24) is 15.2 Å². The quantitative estimate of drug-likeness (QED) is 0.535. The number of methoxy groups -OCH3 is 1. The van der Waals surface area contributed by atoms with Crippen LogP contribution in [0.3, 0.4) is 0 Å². The molecule has 0 saturated carbocycles. The van der Waals surface area contributed by atoms with Gasteiger partial charge in [0, 0.05) is 54.0 Å². The summed E-state index contributed by atoms with van der Waals surface area (Å²) in [5, 5.41) is 8.87. The van der Waals surface area contributed by atoms with Crippen LogP contribution < -0.4 is 4.90 Å². The van der Waals surface area contributed by atoms with E-state index in [9.17, 15) is 4.79 Å². The number of fused-ring (bicyclic) bond motifs is 2. The van der Waals surface area contributed by atoms with E-state index in [1.807, 2.05) is 48.5 Å². The fraction of sp³-hybridized carbons (Fsp3) is 0.250.